The van der Waals surface area contributed by atoms with Gasteiger partial charge in [-0.3, -0.25) is 10.1 Å². The minimum absolute atomic E-state index is 0.167. The first-order chi connectivity index (χ1) is 9.20. The molecule has 0 spiro atoms. The minimum Gasteiger partial charge on any atom is -0.369 e. The Morgan fingerprint density at radius 1 is 1.68 bits per heavy atom. The highest BCUT2D eigenvalue weighted by molar-refractivity contribution is 5.55. The van der Waals surface area contributed by atoms with Crippen molar-refractivity contribution in [3.8, 4) is 6.07 Å². The number of hydrogen-bond acceptors (Lipinski definition) is 6. The predicted molar refractivity (Wildman–Crippen MR) is 69.7 cm³/mol. The molecular formula is C12H15N5O2. The van der Waals surface area contributed by atoms with Crippen LogP contribution in [-0.4, -0.2) is 29.0 Å². The van der Waals surface area contributed by atoms with Crippen molar-refractivity contribution in [3.63, 3.8) is 0 Å². The van der Waals surface area contributed by atoms with Crippen LogP contribution in [0.25, 0.3) is 0 Å². The summed E-state index contributed by atoms with van der Waals surface area (Å²) in [5.41, 5.74) is 0.0353. The summed E-state index contributed by atoms with van der Waals surface area (Å²) < 4.78 is 0. The maximum atomic E-state index is 10.6. The van der Waals surface area contributed by atoms with Gasteiger partial charge in [0.25, 0.3) is 5.69 Å². The number of nitrogens with zero attached hydrogens (tertiary/aromatic N) is 3. The summed E-state index contributed by atoms with van der Waals surface area (Å²) in [6.45, 7) is 1.75. The van der Waals surface area contributed by atoms with Gasteiger partial charge in [0.1, 0.15) is 23.6 Å². The molecule has 100 valence electrons. The van der Waals surface area contributed by atoms with E-state index in [0.29, 0.717) is 18.4 Å². The Kier molecular flexibility index (Phi) is 4.26. The van der Waals surface area contributed by atoms with Crippen LogP contribution in [0.1, 0.15) is 24.8 Å². The van der Waals surface area contributed by atoms with Gasteiger partial charge in [-0.05, 0) is 25.8 Å². The van der Waals surface area contributed by atoms with E-state index in [2.05, 4.69) is 15.6 Å². The van der Waals surface area contributed by atoms with Gasteiger partial charge in [0.05, 0.1) is 4.92 Å². The van der Waals surface area contributed by atoms with Crippen molar-refractivity contribution in [3.05, 3.63) is 27.9 Å². The van der Waals surface area contributed by atoms with E-state index in [0.717, 1.165) is 19.2 Å². The van der Waals surface area contributed by atoms with Crippen LogP contribution < -0.4 is 10.6 Å². The monoisotopic (exact) mass is 261 g/mol. The molecule has 1 fully saturated rings. The summed E-state index contributed by atoms with van der Waals surface area (Å²) in [5.74, 6) is 0.408. The Bertz CT molecular complexity index is 505. The predicted octanol–water partition coefficient (Wildman–Crippen LogP) is 1.42. The number of rotatable bonds is 5. The Hall–Kier alpha value is -2.20. The third kappa shape index (κ3) is 3.39. The van der Waals surface area contributed by atoms with Gasteiger partial charge in [-0.2, -0.15) is 5.26 Å². The topological polar surface area (TPSA) is 104 Å². The fraction of sp³-hybridized carbons (Fsp3) is 0.500. The van der Waals surface area contributed by atoms with Crippen LogP contribution in [0.15, 0.2) is 12.3 Å². The number of pyridine rings is 1. The second-order valence-corrected chi connectivity index (χ2v) is 4.47. The van der Waals surface area contributed by atoms with Gasteiger partial charge >= 0.3 is 0 Å². The number of nitro groups is 1. The highest BCUT2D eigenvalue weighted by Crippen LogP contribution is 2.18. The third-order valence-corrected chi connectivity index (χ3v) is 3.15. The SMILES string of the molecule is N#Cc1cc([N+](=O)[O-])cnc1NCC[C@@H]1CCCN1. The van der Waals surface area contributed by atoms with Gasteiger partial charge in [0.2, 0.25) is 0 Å². The molecule has 0 amide bonds. The molecule has 0 radical (unpaired) electrons. The van der Waals surface area contributed by atoms with Crippen molar-refractivity contribution < 1.29 is 4.92 Å². The normalized spacial score (nSPS) is 17.9. The second kappa shape index (κ2) is 6.11. The Morgan fingerprint density at radius 3 is 3.16 bits per heavy atom. The van der Waals surface area contributed by atoms with Crippen LogP contribution in [0.2, 0.25) is 0 Å². The Labute approximate surface area is 110 Å². The number of nitriles is 1. The third-order valence-electron chi connectivity index (χ3n) is 3.15. The first-order valence-electron chi connectivity index (χ1n) is 6.22. The van der Waals surface area contributed by atoms with E-state index in [4.69, 9.17) is 5.26 Å². The number of nitrogens with one attached hydrogen (secondary N) is 2. The standard InChI is InChI=1S/C12H15N5O2/c13-7-9-6-11(17(18)19)8-16-12(9)15-5-3-10-2-1-4-14-10/h6,8,10,14H,1-5H2,(H,15,16)/t10-/m0/s1. The molecule has 1 aliphatic rings. The van der Waals surface area contributed by atoms with Crippen molar-refractivity contribution in [1.82, 2.24) is 10.3 Å². The summed E-state index contributed by atoms with van der Waals surface area (Å²) in [5, 5.41) is 26.0. The van der Waals surface area contributed by atoms with Crippen LogP contribution in [0.5, 0.6) is 0 Å². The van der Waals surface area contributed by atoms with Crippen molar-refractivity contribution >= 4 is 11.5 Å². The van der Waals surface area contributed by atoms with Gasteiger partial charge in [0, 0.05) is 18.7 Å². The first-order valence-corrected chi connectivity index (χ1v) is 6.22. The minimum atomic E-state index is -0.555. The molecule has 0 bridgehead atoms. The lowest BCUT2D eigenvalue weighted by atomic mass is 10.1. The molecule has 1 aromatic heterocycles. The summed E-state index contributed by atoms with van der Waals surface area (Å²) in [4.78, 5) is 14.0. The molecule has 0 unspecified atom stereocenters. The summed E-state index contributed by atoms with van der Waals surface area (Å²) in [7, 11) is 0. The zero-order chi connectivity index (χ0) is 13.7. The molecule has 7 heteroatoms. The van der Waals surface area contributed by atoms with Gasteiger partial charge < -0.3 is 10.6 Å². The van der Waals surface area contributed by atoms with E-state index in [1.807, 2.05) is 6.07 Å². The van der Waals surface area contributed by atoms with Crippen molar-refractivity contribution in [2.75, 3.05) is 18.4 Å². The molecule has 7 nitrogen and oxygen atoms in total. The molecule has 1 aromatic rings. The van der Waals surface area contributed by atoms with Crippen molar-refractivity contribution in [2.24, 2.45) is 0 Å². The number of anilines is 1. The van der Waals surface area contributed by atoms with E-state index in [-0.39, 0.29) is 11.3 Å². The molecule has 19 heavy (non-hydrogen) atoms. The lowest BCUT2D eigenvalue weighted by Gasteiger charge is -2.11. The molecule has 1 aliphatic heterocycles. The number of hydrogen-bond donors (Lipinski definition) is 2. The van der Waals surface area contributed by atoms with Crippen LogP contribution >= 0.6 is 0 Å². The van der Waals surface area contributed by atoms with Gasteiger partial charge in [-0.1, -0.05) is 0 Å². The summed E-state index contributed by atoms with van der Waals surface area (Å²) >= 11 is 0. The number of aromatic nitrogens is 1. The molecule has 0 saturated carbocycles. The molecular weight excluding hydrogens is 246 g/mol. The van der Waals surface area contributed by atoms with Crippen molar-refractivity contribution in [2.45, 2.75) is 25.3 Å². The first kappa shape index (κ1) is 13.2. The van der Waals surface area contributed by atoms with Crippen LogP contribution in [-0.2, 0) is 0 Å². The largest absolute Gasteiger partial charge is 0.369 e. The Balaban J connectivity index is 1.95. The Morgan fingerprint density at radius 2 is 2.53 bits per heavy atom. The fourth-order valence-electron chi connectivity index (χ4n) is 2.15. The zero-order valence-corrected chi connectivity index (χ0v) is 10.4. The molecule has 1 saturated heterocycles. The molecule has 0 aromatic carbocycles. The maximum Gasteiger partial charge on any atom is 0.289 e. The average molecular weight is 261 g/mol. The van der Waals surface area contributed by atoms with Crippen LogP contribution in [0.4, 0.5) is 11.5 Å². The molecule has 1 atom stereocenters. The highest BCUT2D eigenvalue weighted by atomic mass is 16.6. The fourth-order valence-corrected chi connectivity index (χ4v) is 2.15. The summed E-state index contributed by atoms with van der Waals surface area (Å²) in [6, 6.07) is 3.67. The molecule has 2 N–H and O–H groups in total. The van der Waals surface area contributed by atoms with Crippen LogP contribution in [0, 0.1) is 21.4 Å². The van der Waals surface area contributed by atoms with Gasteiger partial charge in [-0.25, -0.2) is 4.98 Å². The van der Waals surface area contributed by atoms with Crippen molar-refractivity contribution in [1.29, 1.82) is 5.26 Å². The second-order valence-electron chi connectivity index (χ2n) is 4.47. The zero-order valence-electron chi connectivity index (χ0n) is 10.4. The molecule has 2 rings (SSSR count). The van der Waals surface area contributed by atoms with Gasteiger partial charge in [-0.15, -0.1) is 0 Å². The smallest absolute Gasteiger partial charge is 0.289 e. The van der Waals surface area contributed by atoms with E-state index in [1.54, 1.807) is 0 Å². The highest BCUT2D eigenvalue weighted by Gasteiger charge is 2.15. The quantitative estimate of drug-likeness (QED) is 0.613. The molecule has 0 aliphatic carbocycles. The van der Waals surface area contributed by atoms with E-state index < -0.39 is 4.92 Å². The van der Waals surface area contributed by atoms with E-state index in [9.17, 15) is 10.1 Å². The lowest BCUT2D eigenvalue weighted by Crippen LogP contribution is -2.24. The maximum absolute atomic E-state index is 10.6. The van der Waals surface area contributed by atoms with E-state index >= 15 is 0 Å². The average Bonchev–Trinajstić information content (AvgIpc) is 2.92. The molecule has 2 heterocycles. The lowest BCUT2D eigenvalue weighted by molar-refractivity contribution is -0.385. The van der Waals surface area contributed by atoms with E-state index in [1.165, 1.54) is 18.9 Å². The van der Waals surface area contributed by atoms with Crippen LogP contribution in [0.3, 0.4) is 0 Å². The van der Waals surface area contributed by atoms with Gasteiger partial charge in [0.15, 0.2) is 0 Å². The summed E-state index contributed by atoms with van der Waals surface area (Å²) in [6.07, 6.45) is 4.48.